The van der Waals surface area contributed by atoms with Crippen molar-refractivity contribution in [1.29, 1.82) is 5.26 Å². The van der Waals surface area contributed by atoms with Crippen molar-refractivity contribution in [3.8, 4) is 11.8 Å². The first-order valence-electron chi connectivity index (χ1n) is 12.2. The molecule has 190 valence electrons. The van der Waals surface area contributed by atoms with Crippen LogP contribution in [0.25, 0.3) is 10.9 Å². The second-order valence-corrected chi connectivity index (χ2v) is 9.06. The summed E-state index contributed by atoms with van der Waals surface area (Å²) in [5.41, 5.74) is 1.12. The number of amides is 2. The number of carbonyl (C=O) groups excluding carboxylic acids is 2. The molecule has 3 N–H and O–H groups in total. The monoisotopic (exact) mass is 502 g/mol. The average Bonchev–Trinajstić information content (AvgIpc) is 2.89. The van der Waals surface area contributed by atoms with E-state index in [0.717, 1.165) is 30.2 Å². The van der Waals surface area contributed by atoms with E-state index in [2.05, 4.69) is 27.0 Å². The number of hydrogen-bond acceptors (Lipinski definition) is 8. The zero-order valence-corrected chi connectivity index (χ0v) is 20.0. The van der Waals surface area contributed by atoms with Gasteiger partial charge in [0.1, 0.15) is 11.9 Å². The van der Waals surface area contributed by atoms with Crippen LogP contribution in [-0.2, 0) is 16.1 Å². The fourth-order valence-corrected chi connectivity index (χ4v) is 4.73. The summed E-state index contributed by atoms with van der Waals surface area (Å²) in [6.07, 6.45) is 2.37. The van der Waals surface area contributed by atoms with Gasteiger partial charge in [0.05, 0.1) is 17.1 Å². The lowest BCUT2D eigenvalue weighted by Gasteiger charge is -2.29. The molecule has 2 aliphatic rings. The van der Waals surface area contributed by atoms with E-state index in [9.17, 15) is 19.6 Å². The third-order valence-electron chi connectivity index (χ3n) is 6.49. The van der Waals surface area contributed by atoms with Gasteiger partial charge in [0.15, 0.2) is 18.2 Å². The molecule has 1 aromatic carbocycles. The minimum atomic E-state index is -0.614. The van der Waals surface area contributed by atoms with Crippen molar-refractivity contribution in [2.45, 2.75) is 44.4 Å². The maximum absolute atomic E-state index is 12.5. The number of hydrogen-bond donors (Lipinski definition) is 3. The van der Waals surface area contributed by atoms with Gasteiger partial charge in [0.25, 0.3) is 11.5 Å². The predicted octanol–water partition coefficient (Wildman–Crippen LogP) is 2.75. The number of pyridine rings is 2. The van der Waals surface area contributed by atoms with E-state index in [4.69, 9.17) is 9.47 Å². The first-order chi connectivity index (χ1) is 18.0. The molecule has 0 radical (unpaired) electrons. The lowest BCUT2D eigenvalue weighted by atomic mass is 9.93. The van der Waals surface area contributed by atoms with Gasteiger partial charge in [-0.25, -0.2) is 9.78 Å². The molecule has 1 unspecified atom stereocenters. The summed E-state index contributed by atoms with van der Waals surface area (Å²) in [7, 11) is 0. The summed E-state index contributed by atoms with van der Waals surface area (Å²) in [5, 5.41) is 18.8. The van der Waals surface area contributed by atoms with E-state index < -0.39 is 6.09 Å². The quantitative estimate of drug-likeness (QED) is 0.466. The highest BCUT2D eigenvalue weighted by atomic mass is 16.6. The van der Waals surface area contributed by atoms with Gasteiger partial charge in [0, 0.05) is 25.2 Å². The average molecular weight is 503 g/mol. The lowest BCUT2D eigenvalue weighted by molar-refractivity contribution is -0.118. The molecular weight excluding hydrogens is 476 g/mol. The molecule has 2 atom stereocenters. The number of anilines is 2. The van der Waals surface area contributed by atoms with Gasteiger partial charge in [0.2, 0.25) is 0 Å². The van der Waals surface area contributed by atoms with Crippen LogP contribution in [-0.4, -0.2) is 46.8 Å². The number of carbonyl (C=O) groups is 2. The summed E-state index contributed by atoms with van der Waals surface area (Å²) in [4.78, 5) is 40.6. The summed E-state index contributed by atoms with van der Waals surface area (Å²) in [5.74, 6) is 0.638. The van der Waals surface area contributed by atoms with E-state index >= 15 is 0 Å². The third-order valence-corrected chi connectivity index (χ3v) is 6.49. The largest absolute Gasteiger partial charge is 0.480 e. The third kappa shape index (κ3) is 5.70. The van der Waals surface area contributed by atoms with Crippen molar-refractivity contribution >= 4 is 34.5 Å². The minimum absolute atomic E-state index is 0.0683. The highest BCUT2D eigenvalue weighted by Gasteiger charge is 2.25. The zero-order valence-electron chi connectivity index (χ0n) is 20.0. The Kier molecular flexibility index (Phi) is 7.00. The molecule has 3 heterocycles. The van der Waals surface area contributed by atoms with Crippen LogP contribution < -0.4 is 26.2 Å². The summed E-state index contributed by atoms with van der Waals surface area (Å²) < 4.78 is 12.6. The Morgan fingerprint density at radius 3 is 2.95 bits per heavy atom. The molecular formula is C26H26N6O5. The Morgan fingerprint density at radius 1 is 1.22 bits per heavy atom. The fraction of sp³-hybridized carbons (Fsp3) is 0.346. The van der Waals surface area contributed by atoms with Crippen LogP contribution in [0.3, 0.4) is 0 Å². The first kappa shape index (κ1) is 24.3. The van der Waals surface area contributed by atoms with Gasteiger partial charge in [-0.15, -0.1) is 0 Å². The predicted molar refractivity (Wildman–Crippen MR) is 135 cm³/mol. The Hall–Kier alpha value is -4.43. The normalized spacial score (nSPS) is 18.7. The summed E-state index contributed by atoms with van der Waals surface area (Å²) in [6, 6.07) is 14.1. The van der Waals surface area contributed by atoms with Crippen LogP contribution in [0.2, 0.25) is 0 Å². The number of nitrogens with one attached hydrogen (secondary N) is 3. The Balaban J connectivity index is 1.14. The van der Waals surface area contributed by atoms with Crippen LogP contribution in [0.5, 0.6) is 5.75 Å². The number of aromatic nitrogens is 2. The molecule has 1 fully saturated rings. The van der Waals surface area contributed by atoms with Crippen molar-refractivity contribution in [2.75, 3.05) is 23.8 Å². The van der Waals surface area contributed by atoms with Crippen LogP contribution in [0, 0.1) is 11.3 Å². The van der Waals surface area contributed by atoms with Crippen LogP contribution in [0.4, 0.5) is 16.4 Å². The Labute approximate surface area is 212 Å². The smallest absolute Gasteiger partial charge is 0.413 e. The van der Waals surface area contributed by atoms with Crippen LogP contribution in [0.15, 0.2) is 47.3 Å². The van der Waals surface area contributed by atoms with Gasteiger partial charge in [-0.2, -0.15) is 5.26 Å². The number of nitrogens with zero attached hydrogens (tertiary/aromatic N) is 3. The van der Waals surface area contributed by atoms with Crippen LogP contribution in [0.1, 0.15) is 31.2 Å². The molecule has 37 heavy (non-hydrogen) atoms. The highest BCUT2D eigenvalue weighted by molar-refractivity contribution is 5.94. The molecule has 0 bridgehead atoms. The van der Waals surface area contributed by atoms with E-state index in [1.807, 2.05) is 6.07 Å². The number of nitriles is 1. The minimum Gasteiger partial charge on any atom is -0.480 e. The number of benzene rings is 1. The van der Waals surface area contributed by atoms with Crippen molar-refractivity contribution in [1.82, 2.24) is 14.9 Å². The van der Waals surface area contributed by atoms with Gasteiger partial charge in [-0.1, -0.05) is 6.07 Å². The number of rotatable bonds is 6. The van der Waals surface area contributed by atoms with Crippen LogP contribution >= 0.6 is 0 Å². The van der Waals surface area contributed by atoms with Crippen molar-refractivity contribution in [3.63, 3.8) is 0 Å². The van der Waals surface area contributed by atoms with Gasteiger partial charge < -0.3 is 24.7 Å². The summed E-state index contributed by atoms with van der Waals surface area (Å²) >= 11 is 0. The van der Waals surface area contributed by atoms with Crippen molar-refractivity contribution < 1.29 is 19.1 Å². The standard InChI is InChI=1S/C26H26N6O5/c27-14-16-4-5-17-6-9-24(34)32(20(17)12-16)11-10-28-18-2-1-3-19(13-18)37-26(35)30-22-8-7-21-25(29-22)31-23(33)15-36-21/h4-9,12,18-19,28H,1-3,10-11,13,15H2,(H2,29,30,31,33,35)/t18?,19-/m1/s1. The van der Waals surface area contributed by atoms with E-state index in [1.165, 1.54) is 6.07 Å². The van der Waals surface area contributed by atoms with Gasteiger partial charge >= 0.3 is 6.09 Å². The molecule has 3 aromatic rings. The summed E-state index contributed by atoms with van der Waals surface area (Å²) in [6.45, 7) is 0.950. The fourth-order valence-electron chi connectivity index (χ4n) is 4.73. The molecule has 2 aromatic heterocycles. The topological polar surface area (TPSA) is 147 Å². The molecule has 1 saturated carbocycles. The van der Waals surface area contributed by atoms with Gasteiger partial charge in [-0.05, 0) is 61.4 Å². The molecule has 0 spiro atoms. The van der Waals surface area contributed by atoms with Crippen molar-refractivity contribution in [2.24, 2.45) is 0 Å². The van der Waals surface area contributed by atoms with Crippen molar-refractivity contribution in [3.05, 3.63) is 58.4 Å². The van der Waals surface area contributed by atoms with E-state index in [1.54, 1.807) is 34.9 Å². The van der Waals surface area contributed by atoms with E-state index in [-0.39, 0.29) is 41.9 Å². The maximum atomic E-state index is 12.5. The second kappa shape index (κ2) is 10.7. The number of fused-ring (bicyclic) bond motifs is 2. The maximum Gasteiger partial charge on any atom is 0.413 e. The van der Waals surface area contributed by atoms with E-state index in [0.29, 0.717) is 30.8 Å². The lowest BCUT2D eigenvalue weighted by Crippen LogP contribution is -2.40. The molecule has 11 nitrogen and oxygen atoms in total. The van der Waals surface area contributed by atoms with Gasteiger partial charge in [-0.3, -0.25) is 14.9 Å². The Bertz CT molecular complexity index is 1450. The molecule has 0 saturated heterocycles. The molecule has 1 aliphatic carbocycles. The highest BCUT2D eigenvalue weighted by Crippen LogP contribution is 2.27. The first-order valence-corrected chi connectivity index (χ1v) is 12.2. The SMILES string of the molecule is N#Cc1ccc2ccc(=O)n(CCNC3CCC[C@@H](OC(=O)Nc4ccc5c(n4)NC(=O)CO5)C3)c2c1. The molecule has 5 rings (SSSR count). The second-order valence-electron chi connectivity index (χ2n) is 9.06. The number of ether oxygens (including phenoxy) is 2. The zero-order chi connectivity index (χ0) is 25.8. The Morgan fingerprint density at radius 2 is 2.08 bits per heavy atom. The molecule has 1 aliphatic heterocycles. The molecule has 11 heteroatoms. The molecule has 2 amide bonds.